The highest BCUT2D eigenvalue weighted by atomic mass is 19.1. The van der Waals surface area contributed by atoms with Crippen molar-refractivity contribution in [2.24, 2.45) is 5.92 Å². The van der Waals surface area contributed by atoms with Gasteiger partial charge in [0, 0.05) is 31.6 Å². The Kier molecular flexibility index (Phi) is 5.72. The lowest BCUT2D eigenvalue weighted by Crippen LogP contribution is -2.37. The van der Waals surface area contributed by atoms with Crippen molar-refractivity contribution in [3.8, 4) is 5.75 Å². The van der Waals surface area contributed by atoms with Gasteiger partial charge in [0.05, 0.1) is 0 Å². The lowest BCUT2D eigenvalue weighted by atomic mass is 10.0. The normalized spacial score (nSPS) is 23.8. The van der Waals surface area contributed by atoms with Crippen LogP contribution >= 0.6 is 0 Å². The second-order valence-corrected chi connectivity index (χ2v) is 5.15. The van der Waals surface area contributed by atoms with Crippen molar-refractivity contribution in [1.29, 1.82) is 0 Å². The summed E-state index contributed by atoms with van der Waals surface area (Å²) in [4.78, 5) is 0. The summed E-state index contributed by atoms with van der Waals surface area (Å²) in [5, 5.41) is 13.0. The minimum absolute atomic E-state index is 0.190. The number of ether oxygens (including phenoxy) is 1. The van der Waals surface area contributed by atoms with Gasteiger partial charge in [-0.15, -0.1) is 0 Å². The van der Waals surface area contributed by atoms with Gasteiger partial charge < -0.3 is 15.2 Å². The molecule has 2 rings (SSSR count). The summed E-state index contributed by atoms with van der Waals surface area (Å²) < 4.78 is 18.1. The predicted molar refractivity (Wildman–Crippen MR) is 74.9 cm³/mol. The van der Waals surface area contributed by atoms with Crippen molar-refractivity contribution in [2.75, 3.05) is 26.2 Å². The summed E-state index contributed by atoms with van der Waals surface area (Å²) in [6, 6.07) is 6.19. The predicted octanol–water partition coefficient (Wildman–Crippen LogP) is 0.268. The van der Waals surface area contributed by atoms with Crippen LogP contribution in [0.3, 0.4) is 0 Å². The number of hydrogen-bond donors (Lipinski definition) is 4. The van der Waals surface area contributed by atoms with Crippen molar-refractivity contribution in [3.63, 3.8) is 0 Å². The van der Waals surface area contributed by atoms with E-state index in [1.807, 2.05) is 0 Å². The molecule has 1 aromatic rings. The molecule has 1 aliphatic heterocycles. The van der Waals surface area contributed by atoms with Crippen LogP contribution in [0.4, 0.5) is 4.39 Å². The van der Waals surface area contributed by atoms with E-state index in [0.717, 1.165) is 13.1 Å². The van der Waals surface area contributed by atoms with Crippen molar-refractivity contribution in [3.05, 3.63) is 30.1 Å². The van der Waals surface area contributed by atoms with E-state index >= 15 is 0 Å². The number of rotatable bonds is 7. The molecular formula is C14H22FN3O2. The van der Waals surface area contributed by atoms with E-state index in [1.165, 1.54) is 12.1 Å². The summed E-state index contributed by atoms with van der Waals surface area (Å²) in [7, 11) is 0. The number of aliphatic hydroxyl groups excluding tert-OH is 1. The van der Waals surface area contributed by atoms with Crippen LogP contribution in [0.1, 0.15) is 6.92 Å². The summed E-state index contributed by atoms with van der Waals surface area (Å²) in [6.07, 6.45) is -0.585. The zero-order valence-corrected chi connectivity index (χ0v) is 11.6. The number of hydrogen-bond acceptors (Lipinski definition) is 5. The van der Waals surface area contributed by atoms with Gasteiger partial charge in [-0.05, 0) is 31.2 Å². The first kappa shape index (κ1) is 15.2. The maximum absolute atomic E-state index is 12.7. The number of halogens is 1. The molecule has 1 aromatic carbocycles. The fourth-order valence-corrected chi connectivity index (χ4v) is 2.11. The van der Waals surface area contributed by atoms with E-state index < -0.39 is 6.10 Å². The highest BCUT2D eigenvalue weighted by molar-refractivity contribution is 5.22. The molecule has 1 heterocycles. The van der Waals surface area contributed by atoms with Crippen molar-refractivity contribution in [1.82, 2.24) is 16.2 Å². The highest BCUT2D eigenvalue weighted by Crippen LogP contribution is 2.11. The topological polar surface area (TPSA) is 65.5 Å². The molecule has 0 bridgehead atoms. The van der Waals surface area contributed by atoms with Gasteiger partial charge in [-0.25, -0.2) is 4.39 Å². The lowest BCUT2D eigenvalue weighted by molar-refractivity contribution is 0.105. The van der Waals surface area contributed by atoms with Crippen LogP contribution in [0.25, 0.3) is 0 Å². The number of aliphatic hydroxyl groups is 1. The minimum Gasteiger partial charge on any atom is -0.491 e. The van der Waals surface area contributed by atoms with Crippen molar-refractivity contribution in [2.45, 2.75) is 19.1 Å². The van der Waals surface area contributed by atoms with Crippen LogP contribution in [-0.2, 0) is 0 Å². The summed E-state index contributed by atoms with van der Waals surface area (Å²) in [5.41, 5.74) is 6.25. The van der Waals surface area contributed by atoms with Crippen LogP contribution in [0.2, 0.25) is 0 Å². The third-order valence-electron chi connectivity index (χ3n) is 3.44. The van der Waals surface area contributed by atoms with Gasteiger partial charge in [0.2, 0.25) is 0 Å². The van der Waals surface area contributed by atoms with Crippen molar-refractivity contribution >= 4 is 0 Å². The van der Waals surface area contributed by atoms with E-state index in [-0.39, 0.29) is 12.4 Å². The molecule has 0 saturated carbocycles. The average Bonchev–Trinajstić information content (AvgIpc) is 2.84. The van der Waals surface area contributed by atoms with Crippen LogP contribution in [0.15, 0.2) is 24.3 Å². The molecule has 3 unspecified atom stereocenters. The van der Waals surface area contributed by atoms with Crippen LogP contribution < -0.4 is 20.9 Å². The Labute approximate surface area is 118 Å². The fraction of sp³-hybridized carbons (Fsp3) is 0.571. The molecule has 0 radical (unpaired) electrons. The maximum Gasteiger partial charge on any atom is 0.123 e. The van der Waals surface area contributed by atoms with Crippen molar-refractivity contribution < 1.29 is 14.2 Å². The zero-order valence-electron chi connectivity index (χ0n) is 11.6. The molecule has 0 aliphatic carbocycles. The Morgan fingerprint density at radius 1 is 1.45 bits per heavy atom. The van der Waals surface area contributed by atoms with E-state index in [4.69, 9.17) is 4.74 Å². The molecule has 4 N–H and O–H groups in total. The van der Waals surface area contributed by atoms with Gasteiger partial charge in [-0.2, -0.15) is 0 Å². The Bertz CT molecular complexity index is 402. The second-order valence-electron chi connectivity index (χ2n) is 5.15. The minimum atomic E-state index is -0.585. The van der Waals surface area contributed by atoms with Gasteiger partial charge in [0.25, 0.3) is 0 Å². The molecule has 20 heavy (non-hydrogen) atoms. The smallest absolute Gasteiger partial charge is 0.123 e. The molecule has 112 valence electrons. The lowest BCUT2D eigenvalue weighted by Gasteiger charge is -2.17. The molecule has 0 spiro atoms. The Balaban J connectivity index is 1.60. The van der Waals surface area contributed by atoms with E-state index in [9.17, 15) is 9.50 Å². The SMILES string of the molecule is CC1NNCC1CNCC(O)COc1ccc(F)cc1. The van der Waals surface area contributed by atoms with Gasteiger partial charge in [-0.1, -0.05) is 0 Å². The first-order chi connectivity index (χ1) is 9.65. The number of benzene rings is 1. The van der Waals surface area contributed by atoms with E-state index in [0.29, 0.717) is 24.3 Å². The molecule has 0 aromatic heterocycles. The molecule has 6 heteroatoms. The van der Waals surface area contributed by atoms with Crippen LogP contribution in [-0.4, -0.2) is 43.5 Å². The molecule has 1 fully saturated rings. The molecule has 0 amide bonds. The summed E-state index contributed by atoms with van der Waals surface area (Å²) >= 11 is 0. The third kappa shape index (κ3) is 4.72. The van der Waals surface area contributed by atoms with E-state index in [1.54, 1.807) is 12.1 Å². The van der Waals surface area contributed by atoms with E-state index in [2.05, 4.69) is 23.1 Å². The average molecular weight is 283 g/mol. The largest absolute Gasteiger partial charge is 0.491 e. The standard InChI is InChI=1S/C14H22FN3O2/c1-10-11(7-17-18-10)6-16-8-13(19)9-20-14-4-2-12(15)3-5-14/h2-5,10-11,13,16-19H,6-9H2,1H3. The first-order valence-electron chi connectivity index (χ1n) is 6.90. The van der Waals surface area contributed by atoms with Crippen LogP contribution in [0.5, 0.6) is 5.75 Å². The molecule has 1 saturated heterocycles. The first-order valence-corrected chi connectivity index (χ1v) is 6.90. The zero-order chi connectivity index (χ0) is 14.4. The van der Waals surface area contributed by atoms with Gasteiger partial charge in [0.1, 0.15) is 24.3 Å². The molecule has 1 aliphatic rings. The summed E-state index contributed by atoms with van der Waals surface area (Å²) in [5.74, 6) is 0.774. The maximum atomic E-state index is 12.7. The highest BCUT2D eigenvalue weighted by Gasteiger charge is 2.22. The van der Waals surface area contributed by atoms with Crippen LogP contribution in [0, 0.1) is 11.7 Å². The quantitative estimate of drug-likeness (QED) is 0.578. The monoisotopic (exact) mass is 283 g/mol. The molecular weight excluding hydrogens is 261 g/mol. The Morgan fingerprint density at radius 2 is 2.20 bits per heavy atom. The Hall–Kier alpha value is -1.21. The Morgan fingerprint density at radius 3 is 2.85 bits per heavy atom. The van der Waals surface area contributed by atoms with Gasteiger partial charge in [0.15, 0.2) is 0 Å². The third-order valence-corrected chi connectivity index (χ3v) is 3.44. The fourth-order valence-electron chi connectivity index (χ4n) is 2.11. The number of nitrogens with one attached hydrogen (secondary N) is 3. The van der Waals surface area contributed by atoms with Gasteiger partial charge >= 0.3 is 0 Å². The molecule has 3 atom stereocenters. The van der Waals surface area contributed by atoms with Gasteiger partial charge in [-0.3, -0.25) is 10.9 Å². The number of hydrazine groups is 1. The second kappa shape index (κ2) is 7.54. The molecule has 5 nitrogen and oxygen atoms in total. The summed E-state index contributed by atoms with van der Waals surface area (Å²) in [6.45, 7) is 4.56.